The van der Waals surface area contributed by atoms with E-state index < -0.39 is 0 Å². The first-order chi connectivity index (χ1) is 13.6. The molecular formula is C23H27FN2O2. The molecule has 0 spiro atoms. The van der Waals surface area contributed by atoms with E-state index in [4.69, 9.17) is 4.74 Å². The smallest absolute Gasteiger partial charge is 0.254 e. The maximum absolute atomic E-state index is 14.1. The van der Waals surface area contributed by atoms with Crippen molar-refractivity contribution in [3.63, 3.8) is 0 Å². The summed E-state index contributed by atoms with van der Waals surface area (Å²) < 4.78 is 20.2. The molecule has 2 aromatic rings. The zero-order chi connectivity index (χ0) is 19.5. The van der Waals surface area contributed by atoms with Crippen LogP contribution < -0.4 is 0 Å². The Morgan fingerprint density at radius 2 is 1.86 bits per heavy atom. The Balaban J connectivity index is 1.64. The quantitative estimate of drug-likeness (QED) is 0.806. The molecule has 2 fully saturated rings. The molecule has 28 heavy (non-hydrogen) atoms. The van der Waals surface area contributed by atoms with Crippen molar-refractivity contribution < 1.29 is 13.9 Å². The molecule has 4 nitrogen and oxygen atoms in total. The van der Waals surface area contributed by atoms with Crippen LogP contribution in [0.4, 0.5) is 4.39 Å². The minimum atomic E-state index is -0.344. The number of aryl methyl sites for hydroxylation is 1. The predicted molar refractivity (Wildman–Crippen MR) is 107 cm³/mol. The van der Waals surface area contributed by atoms with Crippen LogP contribution in [0, 0.1) is 12.7 Å². The second kappa shape index (κ2) is 8.41. The Hall–Kier alpha value is -2.24. The normalized spacial score (nSPS) is 23.1. The Labute approximate surface area is 165 Å². The van der Waals surface area contributed by atoms with Gasteiger partial charge in [-0.1, -0.05) is 36.4 Å². The topological polar surface area (TPSA) is 32.8 Å². The number of carbonyl (C=O) groups excluding carboxylic acids is 1. The monoisotopic (exact) mass is 382 g/mol. The van der Waals surface area contributed by atoms with Gasteiger partial charge in [0.15, 0.2) is 0 Å². The van der Waals surface area contributed by atoms with Crippen LogP contribution in [-0.4, -0.2) is 54.6 Å². The van der Waals surface area contributed by atoms with Crippen LogP contribution in [0.25, 0.3) is 0 Å². The molecule has 0 unspecified atom stereocenters. The average Bonchev–Trinajstić information content (AvgIpc) is 3.23. The van der Waals surface area contributed by atoms with Crippen molar-refractivity contribution in [2.75, 3.05) is 32.8 Å². The summed E-state index contributed by atoms with van der Waals surface area (Å²) in [5, 5.41) is 0. The summed E-state index contributed by atoms with van der Waals surface area (Å²) in [6.07, 6.45) is 2.34. The predicted octanol–water partition coefficient (Wildman–Crippen LogP) is 3.81. The van der Waals surface area contributed by atoms with E-state index in [0.29, 0.717) is 24.3 Å². The van der Waals surface area contributed by atoms with Gasteiger partial charge in [0.2, 0.25) is 0 Å². The highest BCUT2D eigenvalue weighted by Crippen LogP contribution is 2.32. The Morgan fingerprint density at radius 3 is 2.57 bits per heavy atom. The maximum Gasteiger partial charge on any atom is 0.254 e. The fourth-order valence-electron chi connectivity index (χ4n) is 4.27. The summed E-state index contributed by atoms with van der Waals surface area (Å²) in [6, 6.07) is 14.6. The molecule has 2 aliphatic rings. The third-order valence-corrected chi connectivity index (χ3v) is 5.81. The van der Waals surface area contributed by atoms with Crippen molar-refractivity contribution in [2.24, 2.45) is 0 Å². The van der Waals surface area contributed by atoms with Crippen LogP contribution in [0.1, 0.15) is 40.4 Å². The highest BCUT2D eigenvalue weighted by atomic mass is 19.1. The molecule has 2 heterocycles. The number of amides is 1. The molecule has 2 aromatic carbocycles. The van der Waals surface area contributed by atoms with Gasteiger partial charge in [0.05, 0.1) is 18.8 Å². The number of carbonyl (C=O) groups is 1. The largest absolute Gasteiger partial charge is 0.373 e. The van der Waals surface area contributed by atoms with Gasteiger partial charge in [0.25, 0.3) is 5.91 Å². The SMILES string of the molecule is Cc1ccc(C(=O)N2CCO[C@@H](CN3CCCC3)[C@@H]2c2ccccc2)cc1F. The molecule has 1 amide bonds. The first kappa shape index (κ1) is 19.1. The summed E-state index contributed by atoms with van der Waals surface area (Å²) in [4.78, 5) is 17.6. The maximum atomic E-state index is 14.1. The van der Waals surface area contributed by atoms with E-state index in [1.807, 2.05) is 35.2 Å². The highest BCUT2D eigenvalue weighted by Gasteiger charge is 2.38. The van der Waals surface area contributed by atoms with Gasteiger partial charge in [-0.2, -0.15) is 0 Å². The summed E-state index contributed by atoms with van der Waals surface area (Å²) >= 11 is 0. The van der Waals surface area contributed by atoms with E-state index in [1.54, 1.807) is 19.1 Å². The minimum absolute atomic E-state index is 0.0894. The number of morpholine rings is 1. The van der Waals surface area contributed by atoms with Crippen molar-refractivity contribution in [2.45, 2.75) is 31.9 Å². The third kappa shape index (κ3) is 3.96. The standard InChI is InChI=1S/C23H27FN2O2/c1-17-9-10-19(15-20(17)24)23(27)26-13-14-28-21(16-25-11-5-6-12-25)22(26)18-7-3-2-4-8-18/h2-4,7-10,15,21-22H,5-6,11-14,16H2,1H3/t21-,22-/m0/s1. The first-order valence-corrected chi connectivity index (χ1v) is 10.1. The molecule has 0 bridgehead atoms. The molecular weight excluding hydrogens is 355 g/mol. The van der Waals surface area contributed by atoms with Gasteiger partial charge in [-0.3, -0.25) is 4.79 Å². The summed E-state index contributed by atoms with van der Waals surface area (Å²) in [7, 11) is 0. The second-order valence-corrected chi connectivity index (χ2v) is 7.73. The van der Waals surface area contributed by atoms with Gasteiger partial charge in [-0.05, 0) is 56.1 Å². The van der Waals surface area contributed by atoms with Gasteiger partial charge >= 0.3 is 0 Å². The zero-order valence-corrected chi connectivity index (χ0v) is 16.3. The second-order valence-electron chi connectivity index (χ2n) is 7.73. The van der Waals surface area contributed by atoms with E-state index in [2.05, 4.69) is 4.90 Å². The molecule has 0 N–H and O–H groups in total. The fourth-order valence-corrected chi connectivity index (χ4v) is 4.27. The number of halogens is 1. The fraction of sp³-hybridized carbons (Fsp3) is 0.435. The number of ether oxygens (including phenoxy) is 1. The number of hydrogen-bond acceptors (Lipinski definition) is 3. The lowest BCUT2D eigenvalue weighted by atomic mass is 9.96. The Morgan fingerprint density at radius 1 is 1.11 bits per heavy atom. The number of nitrogens with zero attached hydrogens (tertiary/aromatic N) is 2. The van der Waals surface area contributed by atoms with E-state index in [-0.39, 0.29) is 23.9 Å². The molecule has 4 rings (SSSR count). The average molecular weight is 382 g/mol. The van der Waals surface area contributed by atoms with E-state index in [1.165, 1.54) is 18.9 Å². The van der Waals surface area contributed by atoms with Crippen LogP contribution in [0.3, 0.4) is 0 Å². The summed E-state index contributed by atoms with van der Waals surface area (Å²) in [5.41, 5.74) is 2.00. The van der Waals surface area contributed by atoms with Crippen molar-refractivity contribution in [3.05, 3.63) is 71.0 Å². The minimum Gasteiger partial charge on any atom is -0.373 e. The lowest BCUT2D eigenvalue weighted by Gasteiger charge is -2.42. The Kier molecular flexibility index (Phi) is 5.74. The number of hydrogen-bond donors (Lipinski definition) is 0. The molecule has 0 radical (unpaired) electrons. The van der Waals surface area contributed by atoms with Crippen LogP contribution in [0.2, 0.25) is 0 Å². The van der Waals surface area contributed by atoms with E-state index >= 15 is 0 Å². The summed E-state index contributed by atoms with van der Waals surface area (Å²) in [5.74, 6) is -0.480. The zero-order valence-electron chi connectivity index (χ0n) is 16.3. The molecule has 0 aromatic heterocycles. The van der Waals surface area contributed by atoms with Gasteiger partial charge in [0, 0.05) is 18.7 Å². The van der Waals surface area contributed by atoms with Crippen molar-refractivity contribution in [1.29, 1.82) is 0 Å². The van der Waals surface area contributed by atoms with Gasteiger partial charge in [-0.15, -0.1) is 0 Å². The van der Waals surface area contributed by atoms with Gasteiger partial charge in [0.1, 0.15) is 5.82 Å². The van der Waals surface area contributed by atoms with Gasteiger partial charge < -0.3 is 14.5 Å². The number of rotatable bonds is 4. The van der Waals surface area contributed by atoms with E-state index in [0.717, 1.165) is 25.2 Å². The van der Waals surface area contributed by atoms with E-state index in [9.17, 15) is 9.18 Å². The molecule has 5 heteroatoms. The molecule has 0 aliphatic carbocycles. The van der Waals surface area contributed by atoms with Crippen LogP contribution >= 0.6 is 0 Å². The molecule has 0 saturated carbocycles. The van der Waals surface area contributed by atoms with Crippen LogP contribution in [0.5, 0.6) is 0 Å². The molecule has 148 valence electrons. The van der Waals surface area contributed by atoms with Crippen LogP contribution in [0.15, 0.2) is 48.5 Å². The third-order valence-electron chi connectivity index (χ3n) is 5.81. The highest BCUT2D eigenvalue weighted by molar-refractivity contribution is 5.94. The van der Waals surface area contributed by atoms with Crippen molar-refractivity contribution >= 4 is 5.91 Å². The Bertz CT molecular complexity index is 821. The lowest BCUT2D eigenvalue weighted by Crippen LogP contribution is -2.51. The van der Waals surface area contributed by atoms with Crippen molar-refractivity contribution in [3.8, 4) is 0 Å². The lowest BCUT2D eigenvalue weighted by molar-refractivity contribution is -0.0707. The molecule has 2 saturated heterocycles. The van der Waals surface area contributed by atoms with Crippen molar-refractivity contribution in [1.82, 2.24) is 9.80 Å². The van der Waals surface area contributed by atoms with Gasteiger partial charge in [-0.25, -0.2) is 4.39 Å². The first-order valence-electron chi connectivity index (χ1n) is 10.1. The molecule has 2 aliphatic heterocycles. The van der Waals surface area contributed by atoms with Crippen LogP contribution in [-0.2, 0) is 4.74 Å². The summed E-state index contributed by atoms with van der Waals surface area (Å²) in [6.45, 7) is 5.69. The molecule has 2 atom stereocenters. The number of likely N-dealkylation sites (tertiary alicyclic amines) is 1. The number of benzene rings is 2.